The van der Waals surface area contributed by atoms with Gasteiger partial charge in [0.15, 0.2) is 23.0 Å². The predicted molar refractivity (Wildman–Crippen MR) is 67.3 cm³/mol. The SMILES string of the molecule is COc1ccc(OCc2cc(C(=O)O)no2)cc1OC. The normalized spacial score (nSPS) is 10.1. The predicted octanol–water partition coefficient (Wildman–Crippen LogP) is 1.97. The average molecular weight is 279 g/mol. The third-order valence-corrected chi connectivity index (χ3v) is 2.51. The van der Waals surface area contributed by atoms with Crippen molar-refractivity contribution in [2.75, 3.05) is 14.2 Å². The summed E-state index contributed by atoms with van der Waals surface area (Å²) in [5.74, 6) is 0.834. The average Bonchev–Trinajstić information content (AvgIpc) is 2.94. The van der Waals surface area contributed by atoms with E-state index in [1.54, 1.807) is 25.3 Å². The highest BCUT2D eigenvalue weighted by molar-refractivity contribution is 5.85. The maximum absolute atomic E-state index is 10.6. The minimum Gasteiger partial charge on any atom is -0.493 e. The van der Waals surface area contributed by atoms with Crippen molar-refractivity contribution in [3.05, 3.63) is 35.7 Å². The highest BCUT2D eigenvalue weighted by Crippen LogP contribution is 2.31. The van der Waals surface area contributed by atoms with E-state index < -0.39 is 5.97 Å². The van der Waals surface area contributed by atoms with E-state index in [1.807, 2.05) is 0 Å². The molecule has 0 aliphatic heterocycles. The zero-order valence-corrected chi connectivity index (χ0v) is 11.0. The highest BCUT2D eigenvalue weighted by atomic mass is 16.5. The van der Waals surface area contributed by atoms with Gasteiger partial charge in [0.1, 0.15) is 12.4 Å². The summed E-state index contributed by atoms with van der Waals surface area (Å²) >= 11 is 0. The topological polar surface area (TPSA) is 91.0 Å². The van der Waals surface area contributed by atoms with E-state index >= 15 is 0 Å². The van der Waals surface area contributed by atoms with Gasteiger partial charge in [-0.05, 0) is 12.1 Å². The van der Waals surface area contributed by atoms with Gasteiger partial charge in [-0.15, -0.1) is 0 Å². The summed E-state index contributed by atoms with van der Waals surface area (Å²) in [4.78, 5) is 10.6. The monoisotopic (exact) mass is 279 g/mol. The third kappa shape index (κ3) is 3.00. The van der Waals surface area contributed by atoms with E-state index in [0.717, 1.165) is 0 Å². The smallest absolute Gasteiger partial charge is 0.358 e. The van der Waals surface area contributed by atoms with Crippen molar-refractivity contribution in [3.8, 4) is 17.2 Å². The Balaban J connectivity index is 2.04. The molecular weight excluding hydrogens is 266 g/mol. The van der Waals surface area contributed by atoms with E-state index in [2.05, 4.69) is 5.16 Å². The fraction of sp³-hybridized carbons (Fsp3) is 0.231. The molecule has 0 bridgehead atoms. The fourth-order valence-corrected chi connectivity index (χ4v) is 1.54. The number of hydrogen-bond donors (Lipinski definition) is 1. The van der Waals surface area contributed by atoms with Crippen LogP contribution in [0.4, 0.5) is 0 Å². The van der Waals surface area contributed by atoms with Crippen molar-refractivity contribution in [2.45, 2.75) is 6.61 Å². The van der Waals surface area contributed by atoms with Crippen molar-refractivity contribution in [3.63, 3.8) is 0 Å². The van der Waals surface area contributed by atoms with E-state index in [4.69, 9.17) is 23.8 Å². The van der Waals surface area contributed by atoms with Crippen molar-refractivity contribution in [1.82, 2.24) is 5.16 Å². The van der Waals surface area contributed by atoms with Crippen LogP contribution in [-0.4, -0.2) is 30.5 Å². The molecule has 2 aromatic rings. The molecule has 0 radical (unpaired) electrons. The number of carbonyl (C=O) groups is 1. The first-order valence-electron chi connectivity index (χ1n) is 5.67. The number of carboxylic acids is 1. The van der Waals surface area contributed by atoms with Gasteiger partial charge < -0.3 is 23.8 Å². The van der Waals surface area contributed by atoms with Gasteiger partial charge in [0.2, 0.25) is 0 Å². The maximum atomic E-state index is 10.6. The molecule has 0 atom stereocenters. The van der Waals surface area contributed by atoms with Crippen LogP contribution in [0.25, 0.3) is 0 Å². The van der Waals surface area contributed by atoms with Gasteiger partial charge in [0, 0.05) is 12.1 Å². The number of rotatable bonds is 6. The molecule has 7 nitrogen and oxygen atoms in total. The quantitative estimate of drug-likeness (QED) is 0.864. The van der Waals surface area contributed by atoms with Gasteiger partial charge in [-0.25, -0.2) is 4.79 Å². The second kappa shape index (κ2) is 5.96. The van der Waals surface area contributed by atoms with Gasteiger partial charge >= 0.3 is 5.97 Å². The zero-order valence-electron chi connectivity index (χ0n) is 11.0. The van der Waals surface area contributed by atoms with Crippen LogP contribution in [0.2, 0.25) is 0 Å². The summed E-state index contributed by atoms with van der Waals surface area (Å²) in [5, 5.41) is 12.1. The summed E-state index contributed by atoms with van der Waals surface area (Å²) in [6.07, 6.45) is 0. The van der Waals surface area contributed by atoms with Crippen LogP contribution in [0.15, 0.2) is 28.8 Å². The van der Waals surface area contributed by atoms with Crippen LogP contribution in [0.1, 0.15) is 16.2 Å². The molecule has 1 aromatic carbocycles. The van der Waals surface area contributed by atoms with Crippen LogP contribution in [0, 0.1) is 0 Å². The van der Waals surface area contributed by atoms with Gasteiger partial charge in [-0.1, -0.05) is 5.16 Å². The molecule has 2 rings (SSSR count). The Morgan fingerprint density at radius 3 is 2.60 bits per heavy atom. The lowest BCUT2D eigenvalue weighted by atomic mass is 10.3. The van der Waals surface area contributed by atoms with E-state index in [-0.39, 0.29) is 12.3 Å². The first kappa shape index (κ1) is 13.7. The minimum absolute atomic E-state index is 0.0652. The van der Waals surface area contributed by atoms with Crippen LogP contribution >= 0.6 is 0 Å². The van der Waals surface area contributed by atoms with Crippen molar-refractivity contribution in [2.24, 2.45) is 0 Å². The molecule has 0 spiro atoms. The van der Waals surface area contributed by atoms with E-state index in [0.29, 0.717) is 23.0 Å². The Morgan fingerprint density at radius 1 is 1.25 bits per heavy atom. The second-order valence-corrected chi connectivity index (χ2v) is 3.79. The van der Waals surface area contributed by atoms with Gasteiger partial charge in [-0.3, -0.25) is 0 Å². The molecule has 0 aliphatic carbocycles. The number of aromatic nitrogens is 1. The maximum Gasteiger partial charge on any atom is 0.358 e. The number of benzene rings is 1. The summed E-state index contributed by atoms with van der Waals surface area (Å²) in [5.41, 5.74) is -0.157. The van der Waals surface area contributed by atoms with E-state index in [1.165, 1.54) is 13.2 Å². The first-order valence-corrected chi connectivity index (χ1v) is 5.67. The molecule has 106 valence electrons. The molecule has 1 aromatic heterocycles. The Morgan fingerprint density at radius 2 is 2.00 bits per heavy atom. The second-order valence-electron chi connectivity index (χ2n) is 3.79. The molecule has 1 N–H and O–H groups in total. The Kier molecular flexibility index (Phi) is 4.09. The number of nitrogens with zero attached hydrogens (tertiary/aromatic N) is 1. The highest BCUT2D eigenvalue weighted by Gasteiger charge is 2.11. The Labute approximate surface area is 114 Å². The lowest BCUT2D eigenvalue weighted by Crippen LogP contribution is -1.97. The molecule has 1 heterocycles. The molecule has 0 aliphatic rings. The van der Waals surface area contributed by atoms with E-state index in [9.17, 15) is 4.79 Å². The van der Waals surface area contributed by atoms with Crippen molar-refractivity contribution < 1.29 is 28.6 Å². The number of hydrogen-bond acceptors (Lipinski definition) is 6. The third-order valence-electron chi connectivity index (χ3n) is 2.51. The summed E-state index contributed by atoms with van der Waals surface area (Å²) in [7, 11) is 3.07. The number of aromatic carboxylic acids is 1. The van der Waals surface area contributed by atoms with Crippen LogP contribution in [0.5, 0.6) is 17.2 Å². The van der Waals surface area contributed by atoms with Crippen molar-refractivity contribution >= 4 is 5.97 Å². The van der Waals surface area contributed by atoms with Crippen molar-refractivity contribution in [1.29, 1.82) is 0 Å². The lowest BCUT2D eigenvalue weighted by Gasteiger charge is -2.09. The first-order chi connectivity index (χ1) is 9.63. The molecular formula is C13H13NO6. The number of ether oxygens (including phenoxy) is 3. The Hall–Kier alpha value is -2.70. The van der Waals surface area contributed by atoms with Crippen LogP contribution < -0.4 is 14.2 Å². The largest absolute Gasteiger partial charge is 0.493 e. The van der Waals surface area contributed by atoms with Gasteiger partial charge in [-0.2, -0.15) is 0 Å². The zero-order chi connectivity index (χ0) is 14.5. The minimum atomic E-state index is -1.15. The molecule has 0 saturated carbocycles. The lowest BCUT2D eigenvalue weighted by molar-refractivity contribution is 0.0685. The van der Waals surface area contributed by atoms with Crippen LogP contribution in [0.3, 0.4) is 0 Å². The molecule has 7 heteroatoms. The summed E-state index contributed by atoms with van der Waals surface area (Å²) < 4.78 is 20.6. The summed E-state index contributed by atoms with van der Waals surface area (Å²) in [6.45, 7) is 0.0652. The van der Waals surface area contributed by atoms with Gasteiger partial charge in [0.05, 0.1) is 14.2 Å². The molecule has 0 saturated heterocycles. The molecule has 0 amide bonds. The van der Waals surface area contributed by atoms with Gasteiger partial charge in [0.25, 0.3) is 0 Å². The standard InChI is InChI=1S/C13H13NO6/c1-17-11-4-3-8(6-12(11)18-2)19-7-9-5-10(13(15)16)14-20-9/h3-6H,7H2,1-2H3,(H,15,16). The number of carboxylic acid groups (broad SMARTS) is 1. The molecule has 20 heavy (non-hydrogen) atoms. The number of methoxy groups -OCH3 is 2. The van der Waals surface area contributed by atoms with Crippen LogP contribution in [-0.2, 0) is 6.61 Å². The molecule has 0 unspecified atom stereocenters. The fourth-order valence-electron chi connectivity index (χ4n) is 1.54. The Bertz CT molecular complexity index is 607. The molecule has 0 fully saturated rings. The summed E-state index contributed by atoms with van der Waals surface area (Å²) in [6, 6.07) is 6.38.